The molecule has 2 saturated heterocycles. The standard InChI is InChI=1S/C40H43ClN6O2/c1-27-21-31(36(41)22-32(27)26-47-16-5-4-7-28(47)2)11-13-38-35(23-42)34(14-15-43-38)33-8-6-9-37(29(33)3)45-40(48)39-12-10-30(24-44-39)25-46-17-19-49-20-18-46/h6,8-15,21-22,24,28H,4-5,7,16-20,25-26H2,1-3H3,(H,45,48)/b13-11+/t28-/m1/s1. The van der Waals surface area contributed by atoms with Gasteiger partial charge in [0.25, 0.3) is 5.91 Å². The van der Waals surface area contributed by atoms with E-state index in [0.717, 1.165) is 73.8 Å². The number of anilines is 1. The Hall–Kier alpha value is -4.39. The van der Waals surface area contributed by atoms with E-state index in [4.69, 9.17) is 16.3 Å². The highest BCUT2D eigenvalue weighted by Crippen LogP contribution is 2.33. The molecule has 6 rings (SSSR count). The van der Waals surface area contributed by atoms with Crippen LogP contribution in [0.1, 0.15) is 75.7 Å². The number of nitrogens with zero attached hydrogens (tertiary/aromatic N) is 5. The van der Waals surface area contributed by atoms with E-state index in [-0.39, 0.29) is 5.91 Å². The minimum atomic E-state index is -0.291. The third kappa shape index (κ3) is 8.26. The second-order valence-electron chi connectivity index (χ2n) is 13.1. The number of halogens is 1. The number of rotatable bonds is 9. The average molecular weight is 675 g/mol. The third-order valence-corrected chi connectivity index (χ3v) is 10.0. The number of piperidine rings is 1. The molecule has 0 radical (unpaired) electrons. The van der Waals surface area contributed by atoms with Gasteiger partial charge in [0.15, 0.2) is 0 Å². The Balaban J connectivity index is 1.18. The van der Waals surface area contributed by atoms with Crippen LogP contribution in [-0.2, 0) is 17.8 Å². The fraction of sp³-hybridized carbons (Fsp3) is 0.350. The van der Waals surface area contributed by atoms with Crippen molar-refractivity contribution >= 4 is 35.3 Å². The van der Waals surface area contributed by atoms with Crippen LogP contribution in [0.5, 0.6) is 0 Å². The average Bonchev–Trinajstić information content (AvgIpc) is 3.11. The van der Waals surface area contributed by atoms with E-state index < -0.39 is 0 Å². The van der Waals surface area contributed by atoms with Crippen LogP contribution >= 0.6 is 11.6 Å². The van der Waals surface area contributed by atoms with Crippen LogP contribution in [-0.4, -0.2) is 64.6 Å². The van der Waals surface area contributed by atoms with Gasteiger partial charge in [0.2, 0.25) is 0 Å². The Bertz CT molecular complexity index is 1880. The van der Waals surface area contributed by atoms with Crippen LogP contribution in [0.2, 0.25) is 5.02 Å². The summed E-state index contributed by atoms with van der Waals surface area (Å²) in [5.41, 5.74) is 8.79. The number of amides is 1. The molecule has 2 aromatic carbocycles. The summed E-state index contributed by atoms with van der Waals surface area (Å²) in [5, 5.41) is 14.0. The van der Waals surface area contributed by atoms with Gasteiger partial charge in [-0.3, -0.25) is 24.6 Å². The van der Waals surface area contributed by atoms with E-state index in [1.54, 1.807) is 18.5 Å². The first-order valence-electron chi connectivity index (χ1n) is 17.1. The molecule has 0 unspecified atom stereocenters. The largest absolute Gasteiger partial charge is 0.379 e. The summed E-state index contributed by atoms with van der Waals surface area (Å²) < 4.78 is 5.43. The highest BCUT2D eigenvalue weighted by atomic mass is 35.5. The second kappa shape index (κ2) is 15.9. The zero-order valence-electron chi connectivity index (χ0n) is 28.5. The molecule has 0 saturated carbocycles. The molecule has 2 aromatic heterocycles. The number of pyridine rings is 2. The van der Waals surface area contributed by atoms with Crippen molar-refractivity contribution in [3.63, 3.8) is 0 Å². The molecule has 4 heterocycles. The number of ether oxygens (including phenoxy) is 1. The molecule has 1 N–H and O–H groups in total. The Morgan fingerprint density at radius 1 is 1.04 bits per heavy atom. The maximum absolute atomic E-state index is 13.2. The van der Waals surface area contributed by atoms with Gasteiger partial charge in [-0.05, 0) is 104 Å². The van der Waals surface area contributed by atoms with Gasteiger partial charge in [0, 0.05) is 60.9 Å². The molecular formula is C40H43ClN6O2. The molecular weight excluding hydrogens is 632 g/mol. The quantitative estimate of drug-likeness (QED) is 0.193. The molecule has 252 valence electrons. The highest BCUT2D eigenvalue weighted by Gasteiger charge is 2.20. The van der Waals surface area contributed by atoms with Crippen LogP contribution in [0.3, 0.4) is 0 Å². The van der Waals surface area contributed by atoms with Crippen molar-refractivity contribution in [1.82, 2.24) is 19.8 Å². The zero-order valence-corrected chi connectivity index (χ0v) is 29.3. The lowest BCUT2D eigenvalue weighted by atomic mass is 9.94. The minimum absolute atomic E-state index is 0.291. The predicted octanol–water partition coefficient (Wildman–Crippen LogP) is 7.91. The molecule has 4 aromatic rings. The molecule has 2 fully saturated rings. The van der Waals surface area contributed by atoms with Crippen molar-refractivity contribution in [2.75, 3.05) is 38.2 Å². The number of aryl methyl sites for hydroxylation is 1. The van der Waals surface area contributed by atoms with E-state index in [1.807, 2.05) is 49.4 Å². The van der Waals surface area contributed by atoms with Gasteiger partial charge in [-0.15, -0.1) is 0 Å². The van der Waals surface area contributed by atoms with Gasteiger partial charge in [0.1, 0.15) is 11.8 Å². The lowest BCUT2D eigenvalue weighted by Crippen LogP contribution is -2.36. The van der Waals surface area contributed by atoms with Crippen molar-refractivity contribution < 1.29 is 9.53 Å². The SMILES string of the molecule is Cc1cc(/C=C/c2nccc(-c3cccc(NC(=O)c4ccc(CN5CCOCC5)cn4)c3C)c2C#N)c(Cl)cc1CN1CCCC[C@H]1C. The molecule has 2 aliphatic rings. The minimum Gasteiger partial charge on any atom is -0.379 e. The van der Waals surface area contributed by atoms with E-state index in [2.05, 4.69) is 57.1 Å². The smallest absolute Gasteiger partial charge is 0.274 e. The first kappa shape index (κ1) is 34.5. The van der Waals surface area contributed by atoms with Crippen molar-refractivity contribution in [2.24, 2.45) is 0 Å². The molecule has 9 heteroatoms. The van der Waals surface area contributed by atoms with Crippen LogP contribution in [0.4, 0.5) is 5.69 Å². The first-order valence-corrected chi connectivity index (χ1v) is 17.4. The number of nitrogens with one attached hydrogen (secondary N) is 1. The van der Waals surface area contributed by atoms with Crippen LogP contribution < -0.4 is 5.32 Å². The number of carbonyl (C=O) groups excluding carboxylic acids is 1. The molecule has 1 amide bonds. The Morgan fingerprint density at radius 2 is 1.88 bits per heavy atom. The fourth-order valence-electron chi connectivity index (χ4n) is 6.69. The predicted molar refractivity (Wildman–Crippen MR) is 196 cm³/mol. The van der Waals surface area contributed by atoms with Crippen molar-refractivity contribution in [3.8, 4) is 17.2 Å². The van der Waals surface area contributed by atoms with Gasteiger partial charge >= 0.3 is 0 Å². The van der Waals surface area contributed by atoms with Gasteiger partial charge < -0.3 is 10.1 Å². The van der Waals surface area contributed by atoms with Gasteiger partial charge in [-0.2, -0.15) is 5.26 Å². The summed E-state index contributed by atoms with van der Waals surface area (Å²) in [6.45, 7) is 12.4. The third-order valence-electron chi connectivity index (χ3n) is 9.72. The van der Waals surface area contributed by atoms with E-state index in [0.29, 0.717) is 33.7 Å². The van der Waals surface area contributed by atoms with Crippen LogP contribution in [0.15, 0.2) is 60.9 Å². The van der Waals surface area contributed by atoms with Crippen molar-refractivity contribution in [1.29, 1.82) is 5.26 Å². The maximum Gasteiger partial charge on any atom is 0.274 e. The summed E-state index contributed by atoms with van der Waals surface area (Å²) in [6, 6.07) is 18.4. The molecule has 49 heavy (non-hydrogen) atoms. The van der Waals surface area contributed by atoms with E-state index >= 15 is 0 Å². The lowest BCUT2D eigenvalue weighted by Gasteiger charge is -2.33. The summed E-state index contributed by atoms with van der Waals surface area (Å²) in [5.74, 6) is -0.291. The number of aromatic nitrogens is 2. The topological polar surface area (TPSA) is 94.4 Å². The van der Waals surface area contributed by atoms with Crippen LogP contribution in [0.25, 0.3) is 23.3 Å². The first-order chi connectivity index (χ1) is 23.8. The summed E-state index contributed by atoms with van der Waals surface area (Å²) in [7, 11) is 0. The molecule has 0 aliphatic carbocycles. The maximum atomic E-state index is 13.2. The molecule has 1 atom stereocenters. The molecule has 0 bridgehead atoms. The summed E-state index contributed by atoms with van der Waals surface area (Å²) in [4.78, 5) is 27.1. The number of likely N-dealkylation sites (tertiary alicyclic amines) is 1. The van der Waals surface area contributed by atoms with E-state index in [1.165, 1.54) is 30.4 Å². The van der Waals surface area contributed by atoms with Gasteiger partial charge in [-0.1, -0.05) is 48.4 Å². The summed E-state index contributed by atoms with van der Waals surface area (Å²) in [6.07, 6.45) is 11.0. The Kier molecular flexibility index (Phi) is 11.2. The van der Waals surface area contributed by atoms with Crippen molar-refractivity contribution in [2.45, 2.75) is 59.2 Å². The number of morpholine rings is 1. The van der Waals surface area contributed by atoms with Gasteiger partial charge in [-0.25, -0.2) is 0 Å². The normalized spacial score (nSPS) is 17.2. The molecule has 2 aliphatic heterocycles. The molecule has 8 nitrogen and oxygen atoms in total. The zero-order chi connectivity index (χ0) is 34.3. The highest BCUT2D eigenvalue weighted by molar-refractivity contribution is 6.32. The number of hydrogen-bond acceptors (Lipinski definition) is 7. The Labute approximate surface area is 294 Å². The number of benzene rings is 2. The Morgan fingerprint density at radius 3 is 2.63 bits per heavy atom. The lowest BCUT2D eigenvalue weighted by molar-refractivity contribution is 0.0341. The monoisotopic (exact) mass is 674 g/mol. The number of nitriles is 1. The fourth-order valence-corrected chi connectivity index (χ4v) is 6.94. The molecule has 0 spiro atoms. The number of carbonyl (C=O) groups is 1. The van der Waals surface area contributed by atoms with E-state index in [9.17, 15) is 10.1 Å². The number of hydrogen-bond donors (Lipinski definition) is 1. The van der Waals surface area contributed by atoms with Crippen LogP contribution in [0, 0.1) is 25.2 Å². The summed E-state index contributed by atoms with van der Waals surface area (Å²) >= 11 is 6.79. The second-order valence-corrected chi connectivity index (χ2v) is 13.5. The van der Waals surface area contributed by atoms with Gasteiger partial charge in [0.05, 0.1) is 24.5 Å². The van der Waals surface area contributed by atoms with Crippen molar-refractivity contribution in [3.05, 3.63) is 111 Å².